The summed E-state index contributed by atoms with van der Waals surface area (Å²) in [6, 6.07) is 14.3. The van der Waals surface area contributed by atoms with E-state index in [0.717, 1.165) is 4.70 Å². The van der Waals surface area contributed by atoms with Gasteiger partial charge in [0.1, 0.15) is 23.9 Å². The molecule has 0 saturated carbocycles. The van der Waals surface area contributed by atoms with Crippen LogP contribution in [-0.2, 0) is 9.59 Å². The van der Waals surface area contributed by atoms with E-state index >= 15 is 0 Å². The molecule has 0 aliphatic carbocycles. The van der Waals surface area contributed by atoms with Crippen LogP contribution in [0.15, 0.2) is 78.9 Å². The zero-order valence-corrected chi connectivity index (χ0v) is 22.5. The second-order valence-corrected chi connectivity index (χ2v) is 9.75. The van der Waals surface area contributed by atoms with Crippen LogP contribution in [0.1, 0.15) is 24.1 Å². The van der Waals surface area contributed by atoms with Gasteiger partial charge < -0.3 is 19.3 Å². The molecule has 5 rings (SSSR count). The van der Waals surface area contributed by atoms with E-state index in [1.54, 1.807) is 49.6 Å². The maximum Gasteiger partial charge on any atom is 0.301 e. The number of carbonyl (C=O) groups excluding carboxylic acids is 2. The number of hydrogen-bond donors (Lipinski definition) is 1. The number of anilines is 1. The van der Waals surface area contributed by atoms with E-state index in [4.69, 9.17) is 14.2 Å². The molecule has 8 nitrogen and oxygen atoms in total. The summed E-state index contributed by atoms with van der Waals surface area (Å²) in [5.41, 5.74) is 1.13. The van der Waals surface area contributed by atoms with Gasteiger partial charge in [0.05, 0.1) is 35.5 Å². The van der Waals surface area contributed by atoms with E-state index in [2.05, 4.69) is 11.6 Å². The van der Waals surface area contributed by atoms with E-state index in [1.165, 1.54) is 40.5 Å². The van der Waals surface area contributed by atoms with Crippen LogP contribution >= 0.6 is 11.3 Å². The maximum absolute atomic E-state index is 13.6. The van der Waals surface area contributed by atoms with Crippen molar-refractivity contribution in [2.24, 2.45) is 0 Å². The van der Waals surface area contributed by atoms with Crippen molar-refractivity contribution in [3.63, 3.8) is 0 Å². The molecule has 0 bridgehead atoms. The second-order valence-electron chi connectivity index (χ2n) is 8.74. The highest BCUT2D eigenvalue weighted by molar-refractivity contribution is 7.22. The zero-order valence-electron chi connectivity index (χ0n) is 21.7. The van der Waals surface area contributed by atoms with Gasteiger partial charge in [-0.2, -0.15) is 0 Å². The van der Waals surface area contributed by atoms with Crippen LogP contribution in [0.3, 0.4) is 0 Å². The van der Waals surface area contributed by atoms with Gasteiger partial charge in [0.2, 0.25) is 0 Å². The second kappa shape index (κ2) is 11.2. The number of ketones is 1. The van der Waals surface area contributed by atoms with Crippen LogP contribution in [0.25, 0.3) is 16.0 Å². The topological polar surface area (TPSA) is 98.2 Å². The first-order chi connectivity index (χ1) is 19.4. The van der Waals surface area contributed by atoms with E-state index in [1.807, 2.05) is 6.92 Å². The number of aromatic nitrogens is 1. The van der Waals surface area contributed by atoms with Crippen molar-refractivity contribution in [2.45, 2.75) is 13.0 Å². The Morgan fingerprint density at radius 1 is 1.10 bits per heavy atom. The number of rotatable bonds is 9. The molecule has 4 aromatic rings. The number of thiazole rings is 1. The lowest BCUT2D eigenvalue weighted by molar-refractivity contribution is -0.132. The fraction of sp³-hybridized carbons (Fsp3) is 0.167. The molecule has 1 aliphatic heterocycles. The third kappa shape index (κ3) is 4.89. The maximum atomic E-state index is 13.6. The van der Waals surface area contributed by atoms with Gasteiger partial charge in [-0.15, -0.1) is 0 Å². The number of ether oxygens (including phenoxy) is 3. The van der Waals surface area contributed by atoms with Crippen molar-refractivity contribution >= 4 is 44.1 Å². The van der Waals surface area contributed by atoms with Crippen LogP contribution in [-0.4, -0.2) is 42.1 Å². The van der Waals surface area contributed by atoms with Crippen LogP contribution < -0.4 is 19.1 Å². The molecular formula is C30H25FN2O6S. The first-order valence-electron chi connectivity index (χ1n) is 12.4. The predicted octanol–water partition coefficient (Wildman–Crippen LogP) is 6.03. The Kier molecular flexibility index (Phi) is 7.52. The third-order valence-corrected chi connectivity index (χ3v) is 7.31. The van der Waals surface area contributed by atoms with Crippen molar-refractivity contribution in [2.75, 3.05) is 25.2 Å². The standard InChI is InChI=1S/C30H25FN2O6S/c1-4-14-39-22-13-8-18(15-23(22)38-5-2)26-25(27(34)17-6-9-19(31)10-7-17)28(35)29(36)33(26)30-32-21-12-11-20(37-3)16-24(21)40-30/h4,6-13,15-16,26,34H,1,5,14H2,2-3H3/b27-25+. The quantitative estimate of drug-likeness (QED) is 0.115. The summed E-state index contributed by atoms with van der Waals surface area (Å²) in [6.07, 6.45) is 1.60. The molecule has 1 atom stereocenters. The lowest BCUT2D eigenvalue weighted by atomic mass is 9.95. The first kappa shape index (κ1) is 26.9. The van der Waals surface area contributed by atoms with Gasteiger partial charge >= 0.3 is 5.91 Å². The smallest absolute Gasteiger partial charge is 0.301 e. The van der Waals surface area contributed by atoms with Gasteiger partial charge in [-0.25, -0.2) is 9.37 Å². The van der Waals surface area contributed by atoms with E-state index in [0.29, 0.717) is 34.9 Å². The number of methoxy groups -OCH3 is 1. The Balaban J connectivity index is 1.71. The molecule has 1 unspecified atom stereocenters. The molecule has 1 N–H and O–H groups in total. The number of carbonyl (C=O) groups is 2. The van der Waals surface area contributed by atoms with Crippen LogP contribution in [0.5, 0.6) is 17.2 Å². The number of benzene rings is 3. The van der Waals surface area contributed by atoms with Crippen LogP contribution in [0, 0.1) is 5.82 Å². The summed E-state index contributed by atoms with van der Waals surface area (Å²) in [5, 5.41) is 11.6. The highest BCUT2D eigenvalue weighted by atomic mass is 32.1. The summed E-state index contributed by atoms with van der Waals surface area (Å²) in [5.74, 6) is -1.22. The summed E-state index contributed by atoms with van der Waals surface area (Å²) in [4.78, 5) is 32.9. The molecule has 40 heavy (non-hydrogen) atoms. The molecule has 1 saturated heterocycles. The lowest BCUT2D eigenvalue weighted by Gasteiger charge is -2.24. The Labute approximate surface area is 233 Å². The van der Waals surface area contributed by atoms with Gasteiger partial charge in [0.25, 0.3) is 5.78 Å². The van der Waals surface area contributed by atoms with Gasteiger partial charge in [0, 0.05) is 5.56 Å². The number of nitrogens with zero attached hydrogens (tertiary/aromatic N) is 2. The largest absolute Gasteiger partial charge is 0.507 e. The van der Waals surface area contributed by atoms with E-state index in [-0.39, 0.29) is 22.9 Å². The minimum atomic E-state index is -1.06. The average molecular weight is 561 g/mol. The number of amides is 1. The number of aliphatic hydroxyl groups is 1. The lowest BCUT2D eigenvalue weighted by Crippen LogP contribution is -2.29. The van der Waals surface area contributed by atoms with Crippen LogP contribution in [0.2, 0.25) is 0 Å². The molecule has 1 aromatic heterocycles. The number of aliphatic hydroxyl groups excluding tert-OH is 1. The summed E-state index contributed by atoms with van der Waals surface area (Å²) < 4.78 is 31.2. The fourth-order valence-corrected chi connectivity index (χ4v) is 5.48. The molecule has 1 amide bonds. The Hall–Kier alpha value is -4.70. The third-order valence-electron chi connectivity index (χ3n) is 6.29. The van der Waals surface area contributed by atoms with Crippen LogP contribution in [0.4, 0.5) is 9.52 Å². The SMILES string of the molecule is C=CCOc1ccc(C2/C(=C(\O)c3ccc(F)cc3)C(=O)C(=O)N2c2nc3ccc(OC)cc3s2)cc1OCC. The number of fused-ring (bicyclic) bond motifs is 1. The molecule has 10 heteroatoms. The number of Topliss-reactive ketones (excluding diaryl/α,β-unsaturated/α-hetero) is 1. The minimum Gasteiger partial charge on any atom is -0.507 e. The van der Waals surface area contributed by atoms with Gasteiger partial charge in [-0.1, -0.05) is 30.1 Å². The van der Waals surface area contributed by atoms with Crippen molar-refractivity contribution < 1.29 is 33.3 Å². The molecule has 0 radical (unpaired) electrons. The van der Waals surface area contributed by atoms with Crippen molar-refractivity contribution in [3.8, 4) is 17.2 Å². The number of hydrogen-bond acceptors (Lipinski definition) is 8. The van der Waals surface area contributed by atoms with Crippen molar-refractivity contribution in [1.29, 1.82) is 0 Å². The molecule has 3 aromatic carbocycles. The molecule has 1 aliphatic rings. The Morgan fingerprint density at radius 3 is 2.58 bits per heavy atom. The van der Waals surface area contributed by atoms with E-state index < -0.39 is 29.3 Å². The van der Waals surface area contributed by atoms with Gasteiger partial charge in [-0.3, -0.25) is 14.5 Å². The highest BCUT2D eigenvalue weighted by Gasteiger charge is 2.48. The monoisotopic (exact) mass is 560 g/mol. The molecule has 1 fully saturated rings. The van der Waals surface area contributed by atoms with Gasteiger partial charge in [0.15, 0.2) is 16.6 Å². The van der Waals surface area contributed by atoms with Crippen molar-refractivity contribution in [1.82, 2.24) is 4.98 Å². The Morgan fingerprint density at radius 2 is 1.88 bits per heavy atom. The Bertz CT molecular complexity index is 1650. The fourth-order valence-electron chi connectivity index (χ4n) is 4.46. The highest BCUT2D eigenvalue weighted by Crippen LogP contribution is 2.46. The summed E-state index contributed by atoms with van der Waals surface area (Å²) >= 11 is 1.21. The zero-order chi connectivity index (χ0) is 28.4. The summed E-state index contributed by atoms with van der Waals surface area (Å²) in [6.45, 7) is 6.07. The van der Waals surface area contributed by atoms with Crippen molar-refractivity contribution in [3.05, 3.63) is 95.8 Å². The first-order valence-corrected chi connectivity index (χ1v) is 13.2. The van der Waals surface area contributed by atoms with E-state index in [9.17, 15) is 19.1 Å². The molecule has 204 valence electrons. The summed E-state index contributed by atoms with van der Waals surface area (Å²) in [7, 11) is 1.55. The molecule has 0 spiro atoms. The predicted molar refractivity (Wildman–Crippen MR) is 151 cm³/mol. The molecular weight excluding hydrogens is 535 g/mol. The number of halogens is 1. The van der Waals surface area contributed by atoms with Gasteiger partial charge in [-0.05, 0) is 67.1 Å². The normalized spacial score (nSPS) is 16.4. The molecule has 2 heterocycles. The average Bonchev–Trinajstić information content (AvgIpc) is 3.49. The minimum absolute atomic E-state index is 0.157.